The maximum Gasteiger partial charge on any atom is 0.341 e. The molecule has 2 aromatic rings. The Morgan fingerprint density at radius 1 is 1.32 bits per heavy atom. The first-order valence-electron chi connectivity index (χ1n) is 11.1. The van der Waals surface area contributed by atoms with E-state index in [1.165, 1.54) is 43.6 Å². The maximum absolute atomic E-state index is 12.8. The zero-order chi connectivity index (χ0) is 24.8. The van der Waals surface area contributed by atoms with Gasteiger partial charge in [0.25, 0.3) is 5.91 Å². The quantitative estimate of drug-likeness (QED) is 0.421. The third-order valence-electron chi connectivity index (χ3n) is 5.51. The number of hydrogen-bond donors (Lipinski definition) is 2. The van der Waals surface area contributed by atoms with Crippen LogP contribution in [-0.2, 0) is 31.9 Å². The molecule has 2 atom stereocenters. The highest BCUT2D eigenvalue weighted by molar-refractivity contribution is 7.17. The molecule has 0 bridgehead atoms. The summed E-state index contributed by atoms with van der Waals surface area (Å²) in [5.74, 6) is -0.940. The molecule has 1 heterocycles. The Morgan fingerprint density at radius 3 is 2.79 bits per heavy atom. The van der Waals surface area contributed by atoms with E-state index in [0.29, 0.717) is 22.0 Å². The van der Waals surface area contributed by atoms with Crippen LogP contribution in [0.2, 0.25) is 0 Å². The first-order valence-corrected chi connectivity index (χ1v) is 11.9. The maximum atomic E-state index is 12.8. The van der Waals surface area contributed by atoms with Gasteiger partial charge in [0, 0.05) is 11.0 Å². The van der Waals surface area contributed by atoms with Crippen molar-refractivity contribution in [1.82, 2.24) is 0 Å². The van der Waals surface area contributed by atoms with Gasteiger partial charge < -0.3 is 24.6 Å². The number of anilines is 1. The van der Waals surface area contributed by atoms with Crippen LogP contribution in [0.5, 0.6) is 11.5 Å². The van der Waals surface area contributed by atoms with Crippen LogP contribution in [0.25, 0.3) is 6.08 Å². The van der Waals surface area contributed by atoms with E-state index < -0.39 is 23.9 Å². The Hall–Kier alpha value is -3.33. The van der Waals surface area contributed by atoms with E-state index >= 15 is 0 Å². The number of ether oxygens (including phenoxy) is 3. The summed E-state index contributed by atoms with van der Waals surface area (Å²) in [6.45, 7) is 5.60. The molecule has 1 aromatic carbocycles. The topological polar surface area (TPSA) is 111 Å². The Morgan fingerprint density at radius 2 is 2.09 bits per heavy atom. The number of methoxy groups -OCH3 is 1. The van der Waals surface area contributed by atoms with Crippen molar-refractivity contribution in [1.29, 1.82) is 0 Å². The molecule has 0 saturated heterocycles. The highest BCUT2D eigenvalue weighted by atomic mass is 32.1. The lowest BCUT2D eigenvalue weighted by atomic mass is 9.88. The van der Waals surface area contributed by atoms with E-state index in [0.717, 1.165) is 29.7 Å². The average Bonchev–Trinajstić information content (AvgIpc) is 3.15. The predicted octanol–water partition coefficient (Wildman–Crippen LogP) is 4.35. The van der Waals surface area contributed by atoms with Crippen LogP contribution >= 0.6 is 11.3 Å². The standard InChI is InChI=1S/C25H29NO7S/c1-5-32-25(30)22-17-9-6-14(2)12-20(17)34-24(22)26-23(29)15(3)33-21(28)11-8-16-7-10-18(27)19(13-16)31-4/h7-8,10-11,13-15,27H,5-6,9,12H2,1-4H3,(H,26,29)/b11-8+/t14-,15-/m0/s1. The van der Waals surface area contributed by atoms with E-state index in [-0.39, 0.29) is 18.1 Å². The van der Waals surface area contributed by atoms with Crippen molar-refractivity contribution in [3.63, 3.8) is 0 Å². The van der Waals surface area contributed by atoms with Crippen molar-refractivity contribution in [3.05, 3.63) is 45.8 Å². The van der Waals surface area contributed by atoms with E-state index in [1.807, 2.05) is 0 Å². The molecule has 34 heavy (non-hydrogen) atoms. The van der Waals surface area contributed by atoms with Gasteiger partial charge in [-0.3, -0.25) is 4.79 Å². The lowest BCUT2D eigenvalue weighted by Gasteiger charge is -2.18. The van der Waals surface area contributed by atoms with E-state index in [4.69, 9.17) is 14.2 Å². The van der Waals surface area contributed by atoms with Crippen molar-refractivity contribution in [2.45, 2.75) is 46.1 Å². The summed E-state index contributed by atoms with van der Waals surface area (Å²) in [6, 6.07) is 4.61. The third-order valence-corrected chi connectivity index (χ3v) is 6.68. The van der Waals surface area contributed by atoms with Crippen LogP contribution in [0, 0.1) is 5.92 Å². The van der Waals surface area contributed by atoms with Gasteiger partial charge >= 0.3 is 11.9 Å². The van der Waals surface area contributed by atoms with Gasteiger partial charge in [-0.05, 0) is 68.4 Å². The zero-order valence-electron chi connectivity index (χ0n) is 19.7. The number of amides is 1. The van der Waals surface area contributed by atoms with Crippen LogP contribution < -0.4 is 10.1 Å². The zero-order valence-corrected chi connectivity index (χ0v) is 20.5. The molecule has 0 unspecified atom stereocenters. The Balaban J connectivity index is 1.68. The minimum Gasteiger partial charge on any atom is -0.504 e. The molecule has 182 valence electrons. The second-order valence-corrected chi connectivity index (χ2v) is 9.21. The SMILES string of the molecule is CCOC(=O)c1c(NC(=O)[C@H](C)OC(=O)/C=C/c2ccc(O)c(OC)c2)sc2c1CC[C@H](C)C2. The second kappa shape index (κ2) is 11.2. The molecule has 9 heteroatoms. The lowest BCUT2D eigenvalue weighted by Crippen LogP contribution is -2.29. The number of rotatable bonds is 8. The summed E-state index contributed by atoms with van der Waals surface area (Å²) in [7, 11) is 1.43. The van der Waals surface area contributed by atoms with Crippen LogP contribution in [0.15, 0.2) is 24.3 Å². The van der Waals surface area contributed by atoms with E-state index in [9.17, 15) is 19.5 Å². The third kappa shape index (κ3) is 5.96. The van der Waals surface area contributed by atoms with Crippen molar-refractivity contribution < 1.29 is 33.7 Å². The largest absolute Gasteiger partial charge is 0.504 e. The minimum absolute atomic E-state index is 0.0144. The summed E-state index contributed by atoms with van der Waals surface area (Å²) in [5.41, 5.74) is 1.96. The van der Waals surface area contributed by atoms with Gasteiger partial charge in [-0.15, -0.1) is 11.3 Å². The monoisotopic (exact) mass is 487 g/mol. The molecular weight excluding hydrogens is 458 g/mol. The number of aromatic hydroxyl groups is 1. The molecule has 2 N–H and O–H groups in total. The van der Waals surface area contributed by atoms with Crippen LogP contribution in [-0.4, -0.2) is 42.8 Å². The molecule has 8 nitrogen and oxygen atoms in total. The second-order valence-electron chi connectivity index (χ2n) is 8.11. The van der Waals surface area contributed by atoms with Crippen molar-refractivity contribution in [2.24, 2.45) is 5.92 Å². The number of esters is 2. The average molecular weight is 488 g/mol. The summed E-state index contributed by atoms with van der Waals surface area (Å²) in [4.78, 5) is 38.7. The summed E-state index contributed by atoms with van der Waals surface area (Å²) >= 11 is 1.38. The number of phenols is 1. The fraction of sp³-hybridized carbons (Fsp3) is 0.400. The van der Waals surface area contributed by atoms with Crippen LogP contribution in [0.1, 0.15) is 53.6 Å². The lowest BCUT2D eigenvalue weighted by molar-refractivity contribution is -0.148. The van der Waals surface area contributed by atoms with Gasteiger partial charge in [0.15, 0.2) is 17.6 Å². The van der Waals surface area contributed by atoms with Crippen LogP contribution in [0.4, 0.5) is 5.00 Å². The molecule has 3 rings (SSSR count). The van der Waals surface area contributed by atoms with E-state index in [1.54, 1.807) is 19.1 Å². The molecule has 0 aliphatic heterocycles. The number of hydrogen-bond acceptors (Lipinski definition) is 8. The minimum atomic E-state index is -1.08. The highest BCUT2D eigenvalue weighted by Gasteiger charge is 2.30. The van der Waals surface area contributed by atoms with Gasteiger partial charge in [-0.25, -0.2) is 9.59 Å². The predicted molar refractivity (Wildman–Crippen MR) is 129 cm³/mol. The molecule has 1 aliphatic carbocycles. The normalized spacial score (nSPS) is 15.9. The van der Waals surface area contributed by atoms with Gasteiger partial charge in [0.2, 0.25) is 0 Å². The first kappa shape index (κ1) is 25.3. The van der Waals surface area contributed by atoms with Gasteiger partial charge in [-0.1, -0.05) is 13.0 Å². The molecular formula is C25H29NO7S. The van der Waals surface area contributed by atoms with Crippen molar-refractivity contribution in [3.8, 4) is 11.5 Å². The number of phenolic OH excluding ortho intramolecular Hbond substituents is 1. The molecule has 0 fully saturated rings. The van der Waals surface area contributed by atoms with Gasteiger partial charge in [-0.2, -0.15) is 0 Å². The molecule has 0 spiro atoms. The Bertz CT molecular complexity index is 1100. The summed E-state index contributed by atoms with van der Waals surface area (Å²) in [6.07, 6.45) is 4.16. The first-order chi connectivity index (χ1) is 16.2. The molecule has 1 amide bonds. The molecule has 1 aliphatic rings. The Kier molecular flexibility index (Phi) is 8.33. The molecule has 1 aromatic heterocycles. The summed E-state index contributed by atoms with van der Waals surface area (Å²) in [5, 5.41) is 12.8. The number of fused-ring (bicyclic) bond motifs is 1. The summed E-state index contributed by atoms with van der Waals surface area (Å²) < 4.78 is 15.5. The Labute approximate surface area is 202 Å². The van der Waals surface area contributed by atoms with Crippen LogP contribution in [0.3, 0.4) is 0 Å². The number of nitrogens with one attached hydrogen (secondary N) is 1. The fourth-order valence-corrected chi connectivity index (χ4v) is 5.10. The van der Waals surface area contributed by atoms with Crippen molar-refractivity contribution >= 4 is 40.3 Å². The number of carbonyl (C=O) groups excluding carboxylic acids is 3. The highest BCUT2D eigenvalue weighted by Crippen LogP contribution is 2.40. The van der Waals surface area contributed by atoms with Crippen molar-refractivity contribution in [2.75, 3.05) is 19.0 Å². The molecule has 0 radical (unpaired) electrons. The molecule has 0 saturated carbocycles. The number of benzene rings is 1. The number of carbonyl (C=O) groups is 3. The van der Waals surface area contributed by atoms with Gasteiger partial charge in [0.1, 0.15) is 5.00 Å². The fourth-order valence-electron chi connectivity index (χ4n) is 3.70. The number of thiophene rings is 1. The van der Waals surface area contributed by atoms with E-state index in [2.05, 4.69) is 12.2 Å². The van der Waals surface area contributed by atoms with Gasteiger partial charge in [0.05, 0.1) is 19.3 Å². The smallest absolute Gasteiger partial charge is 0.341 e.